The summed E-state index contributed by atoms with van der Waals surface area (Å²) in [7, 11) is 0. The molecule has 1 nitrogen and oxygen atoms in total. The molecule has 0 spiro atoms. The van der Waals surface area contributed by atoms with Crippen LogP contribution in [-0.4, -0.2) is 13.1 Å². The van der Waals surface area contributed by atoms with E-state index in [1.54, 1.807) is 0 Å². The average Bonchev–Trinajstić information content (AvgIpc) is 2.97. The SMILES string of the molecule is CC(C)CNCC1CC1c1cccc(Br)c1. The van der Waals surface area contributed by atoms with Crippen LogP contribution >= 0.6 is 15.9 Å². The van der Waals surface area contributed by atoms with Crippen molar-refractivity contribution in [3.63, 3.8) is 0 Å². The van der Waals surface area contributed by atoms with Gasteiger partial charge in [0.25, 0.3) is 0 Å². The molecular formula is C14H20BrN. The Morgan fingerprint density at radius 2 is 2.25 bits per heavy atom. The number of rotatable bonds is 5. The fourth-order valence-corrected chi connectivity index (χ4v) is 2.59. The van der Waals surface area contributed by atoms with E-state index in [0.717, 1.165) is 24.3 Å². The Hall–Kier alpha value is -0.340. The van der Waals surface area contributed by atoms with Crippen LogP contribution in [0.4, 0.5) is 0 Å². The molecular weight excluding hydrogens is 262 g/mol. The molecule has 2 heteroatoms. The van der Waals surface area contributed by atoms with Crippen molar-refractivity contribution in [1.82, 2.24) is 5.32 Å². The van der Waals surface area contributed by atoms with E-state index >= 15 is 0 Å². The van der Waals surface area contributed by atoms with Crippen LogP contribution in [0.3, 0.4) is 0 Å². The summed E-state index contributed by atoms with van der Waals surface area (Å²) in [4.78, 5) is 0. The Morgan fingerprint density at radius 3 is 2.94 bits per heavy atom. The van der Waals surface area contributed by atoms with Crippen LogP contribution in [-0.2, 0) is 0 Å². The molecule has 16 heavy (non-hydrogen) atoms. The smallest absolute Gasteiger partial charge is 0.0178 e. The van der Waals surface area contributed by atoms with E-state index in [9.17, 15) is 0 Å². The normalized spacial score (nSPS) is 23.8. The number of halogens is 1. The first-order valence-corrected chi connectivity index (χ1v) is 6.92. The Bertz CT molecular complexity index is 348. The molecule has 0 bridgehead atoms. The van der Waals surface area contributed by atoms with Gasteiger partial charge in [0.2, 0.25) is 0 Å². The third-order valence-corrected chi connectivity index (χ3v) is 3.65. The van der Waals surface area contributed by atoms with Gasteiger partial charge >= 0.3 is 0 Å². The van der Waals surface area contributed by atoms with Gasteiger partial charge in [-0.3, -0.25) is 0 Å². The summed E-state index contributed by atoms with van der Waals surface area (Å²) in [6, 6.07) is 8.74. The van der Waals surface area contributed by atoms with Crippen molar-refractivity contribution in [3.8, 4) is 0 Å². The summed E-state index contributed by atoms with van der Waals surface area (Å²) >= 11 is 3.53. The second-order valence-electron chi connectivity index (χ2n) is 5.21. The average molecular weight is 282 g/mol. The summed E-state index contributed by atoms with van der Waals surface area (Å²) in [5.41, 5.74) is 1.49. The highest BCUT2D eigenvalue weighted by Crippen LogP contribution is 2.47. The third-order valence-electron chi connectivity index (χ3n) is 3.16. The van der Waals surface area contributed by atoms with Gasteiger partial charge < -0.3 is 5.32 Å². The molecule has 0 heterocycles. The lowest BCUT2D eigenvalue weighted by atomic mass is 10.1. The predicted molar refractivity (Wildman–Crippen MR) is 72.7 cm³/mol. The first-order chi connectivity index (χ1) is 7.66. The monoisotopic (exact) mass is 281 g/mol. The second kappa shape index (κ2) is 5.33. The van der Waals surface area contributed by atoms with Crippen molar-refractivity contribution in [3.05, 3.63) is 34.3 Å². The van der Waals surface area contributed by atoms with Crippen molar-refractivity contribution in [1.29, 1.82) is 0 Å². The zero-order valence-corrected chi connectivity index (χ0v) is 11.6. The van der Waals surface area contributed by atoms with E-state index in [1.807, 2.05) is 0 Å². The van der Waals surface area contributed by atoms with Crippen LogP contribution in [0, 0.1) is 11.8 Å². The Morgan fingerprint density at radius 1 is 1.44 bits per heavy atom. The van der Waals surface area contributed by atoms with Gasteiger partial charge in [0.05, 0.1) is 0 Å². The number of nitrogens with one attached hydrogen (secondary N) is 1. The van der Waals surface area contributed by atoms with Crippen molar-refractivity contribution < 1.29 is 0 Å². The van der Waals surface area contributed by atoms with Crippen molar-refractivity contribution in [2.75, 3.05) is 13.1 Å². The van der Waals surface area contributed by atoms with E-state index in [0.29, 0.717) is 0 Å². The molecule has 1 fully saturated rings. The zero-order valence-electron chi connectivity index (χ0n) is 10.0. The van der Waals surface area contributed by atoms with E-state index < -0.39 is 0 Å². The Balaban J connectivity index is 1.78. The fraction of sp³-hybridized carbons (Fsp3) is 0.571. The van der Waals surface area contributed by atoms with Gasteiger partial charge in [0, 0.05) is 4.47 Å². The number of hydrogen-bond acceptors (Lipinski definition) is 1. The van der Waals surface area contributed by atoms with Gasteiger partial charge in [-0.2, -0.15) is 0 Å². The van der Waals surface area contributed by atoms with Crippen LogP contribution < -0.4 is 5.32 Å². The fourth-order valence-electron chi connectivity index (χ4n) is 2.18. The lowest BCUT2D eigenvalue weighted by Gasteiger charge is -2.07. The summed E-state index contributed by atoms with van der Waals surface area (Å²) in [5.74, 6) is 2.40. The highest BCUT2D eigenvalue weighted by Gasteiger charge is 2.37. The Labute approximate surface area is 107 Å². The minimum absolute atomic E-state index is 0.753. The molecule has 1 aromatic rings. The van der Waals surface area contributed by atoms with Gasteiger partial charge in [0.15, 0.2) is 0 Å². The number of hydrogen-bond donors (Lipinski definition) is 1. The second-order valence-corrected chi connectivity index (χ2v) is 6.13. The van der Waals surface area contributed by atoms with Gasteiger partial charge in [-0.05, 0) is 55.0 Å². The molecule has 0 aliphatic heterocycles. The standard InChI is InChI=1S/C14H20BrN/c1-10(2)8-16-9-12-7-14(12)11-4-3-5-13(15)6-11/h3-6,10,12,14,16H,7-9H2,1-2H3. The van der Waals surface area contributed by atoms with Gasteiger partial charge in [-0.1, -0.05) is 41.9 Å². The summed E-state index contributed by atoms with van der Waals surface area (Å²) in [6.45, 7) is 6.83. The molecule has 1 aliphatic carbocycles. The van der Waals surface area contributed by atoms with Crippen LogP contribution in [0.2, 0.25) is 0 Å². The molecule has 2 unspecified atom stereocenters. The largest absolute Gasteiger partial charge is 0.316 e. The summed E-state index contributed by atoms with van der Waals surface area (Å²) < 4.78 is 1.20. The molecule has 0 radical (unpaired) electrons. The van der Waals surface area contributed by atoms with Crippen molar-refractivity contribution in [2.24, 2.45) is 11.8 Å². The van der Waals surface area contributed by atoms with Crippen LogP contribution in [0.15, 0.2) is 28.7 Å². The van der Waals surface area contributed by atoms with E-state index in [2.05, 4.69) is 59.4 Å². The predicted octanol–water partition coefficient (Wildman–Crippen LogP) is 3.80. The lowest BCUT2D eigenvalue weighted by molar-refractivity contribution is 0.532. The molecule has 2 atom stereocenters. The highest BCUT2D eigenvalue weighted by atomic mass is 79.9. The minimum atomic E-state index is 0.753. The number of benzene rings is 1. The molecule has 1 aromatic carbocycles. The van der Waals surface area contributed by atoms with Crippen LogP contribution in [0.5, 0.6) is 0 Å². The van der Waals surface area contributed by atoms with Crippen LogP contribution in [0.25, 0.3) is 0 Å². The quantitative estimate of drug-likeness (QED) is 0.866. The molecule has 1 saturated carbocycles. The van der Waals surface area contributed by atoms with Crippen molar-refractivity contribution in [2.45, 2.75) is 26.2 Å². The zero-order chi connectivity index (χ0) is 11.5. The first kappa shape index (κ1) is 12.1. The van der Waals surface area contributed by atoms with E-state index in [-0.39, 0.29) is 0 Å². The molecule has 0 aromatic heterocycles. The minimum Gasteiger partial charge on any atom is -0.316 e. The molecule has 1 N–H and O–H groups in total. The van der Waals surface area contributed by atoms with E-state index in [1.165, 1.54) is 23.0 Å². The maximum atomic E-state index is 3.55. The van der Waals surface area contributed by atoms with Crippen LogP contribution in [0.1, 0.15) is 31.7 Å². The summed E-state index contributed by atoms with van der Waals surface area (Å²) in [5, 5.41) is 3.55. The maximum absolute atomic E-state index is 3.55. The van der Waals surface area contributed by atoms with Gasteiger partial charge in [-0.25, -0.2) is 0 Å². The Kier molecular flexibility index (Phi) is 4.04. The first-order valence-electron chi connectivity index (χ1n) is 6.13. The van der Waals surface area contributed by atoms with Crippen molar-refractivity contribution >= 4 is 15.9 Å². The van der Waals surface area contributed by atoms with Gasteiger partial charge in [-0.15, -0.1) is 0 Å². The highest BCUT2D eigenvalue weighted by molar-refractivity contribution is 9.10. The third kappa shape index (κ3) is 3.33. The molecule has 0 saturated heterocycles. The lowest BCUT2D eigenvalue weighted by Crippen LogP contribution is -2.22. The van der Waals surface area contributed by atoms with Gasteiger partial charge in [0.1, 0.15) is 0 Å². The molecule has 1 aliphatic rings. The molecule has 2 rings (SSSR count). The molecule has 0 amide bonds. The van der Waals surface area contributed by atoms with E-state index in [4.69, 9.17) is 0 Å². The summed E-state index contributed by atoms with van der Waals surface area (Å²) in [6.07, 6.45) is 1.35. The maximum Gasteiger partial charge on any atom is 0.0178 e. The molecule has 88 valence electrons. The topological polar surface area (TPSA) is 12.0 Å².